The SMILES string of the molecule is CC(C)C1CNC(C2CC2)CN1C1CC1c1ccccc1. The van der Waals surface area contributed by atoms with Gasteiger partial charge in [-0.1, -0.05) is 44.2 Å². The van der Waals surface area contributed by atoms with Gasteiger partial charge in [-0.25, -0.2) is 0 Å². The predicted molar refractivity (Wildman–Crippen MR) is 87.4 cm³/mol. The zero-order chi connectivity index (χ0) is 14.4. The molecular weight excluding hydrogens is 256 g/mol. The van der Waals surface area contributed by atoms with Gasteiger partial charge in [0, 0.05) is 37.1 Å². The predicted octanol–water partition coefficient (Wildman–Crippen LogP) is 3.25. The van der Waals surface area contributed by atoms with Crippen LogP contribution in [0.4, 0.5) is 0 Å². The van der Waals surface area contributed by atoms with Gasteiger partial charge in [0.25, 0.3) is 0 Å². The molecule has 2 heteroatoms. The van der Waals surface area contributed by atoms with E-state index in [1.807, 2.05) is 0 Å². The number of hydrogen-bond donors (Lipinski definition) is 1. The first kappa shape index (κ1) is 13.8. The Morgan fingerprint density at radius 2 is 1.90 bits per heavy atom. The first-order chi connectivity index (χ1) is 10.2. The van der Waals surface area contributed by atoms with Gasteiger partial charge in [0.1, 0.15) is 0 Å². The minimum absolute atomic E-state index is 0.721. The molecule has 3 fully saturated rings. The van der Waals surface area contributed by atoms with Crippen LogP contribution in [0.5, 0.6) is 0 Å². The van der Waals surface area contributed by atoms with E-state index >= 15 is 0 Å². The summed E-state index contributed by atoms with van der Waals surface area (Å²) in [4.78, 5) is 2.86. The van der Waals surface area contributed by atoms with Crippen LogP contribution in [0, 0.1) is 11.8 Å². The fraction of sp³-hybridized carbons (Fsp3) is 0.684. The Morgan fingerprint density at radius 3 is 2.57 bits per heavy atom. The number of piperazine rings is 1. The summed E-state index contributed by atoms with van der Waals surface area (Å²) in [6.07, 6.45) is 4.26. The fourth-order valence-corrected chi connectivity index (χ4v) is 4.24. The molecule has 0 aromatic heterocycles. The Bertz CT molecular complexity index is 480. The zero-order valence-electron chi connectivity index (χ0n) is 13.3. The minimum Gasteiger partial charge on any atom is -0.311 e. The van der Waals surface area contributed by atoms with Crippen LogP contribution in [0.25, 0.3) is 0 Å². The van der Waals surface area contributed by atoms with Gasteiger partial charge in [-0.15, -0.1) is 0 Å². The molecule has 0 radical (unpaired) electrons. The van der Waals surface area contributed by atoms with E-state index in [1.165, 1.54) is 32.4 Å². The van der Waals surface area contributed by atoms with Crippen molar-refractivity contribution < 1.29 is 0 Å². The van der Waals surface area contributed by atoms with Crippen LogP contribution in [0.15, 0.2) is 30.3 Å². The van der Waals surface area contributed by atoms with E-state index in [4.69, 9.17) is 0 Å². The maximum atomic E-state index is 3.84. The lowest BCUT2D eigenvalue weighted by Gasteiger charge is -2.43. The highest BCUT2D eigenvalue weighted by Crippen LogP contribution is 2.47. The van der Waals surface area contributed by atoms with Gasteiger partial charge in [0.05, 0.1) is 0 Å². The molecule has 4 atom stereocenters. The molecule has 2 nitrogen and oxygen atoms in total. The molecule has 1 aromatic rings. The van der Waals surface area contributed by atoms with Crippen LogP contribution < -0.4 is 5.32 Å². The highest BCUT2D eigenvalue weighted by molar-refractivity contribution is 5.28. The summed E-state index contributed by atoms with van der Waals surface area (Å²) in [6.45, 7) is 7.24. The molecule has 1 aromatic carbocycles. The van der Waals surface area contributed by atoms with Crippen molar-refractivity contribution in [3.05, 3.63) is 35.9 Å². The van der Waals surface area contributed by atoms with Crippen LogP contribution in [-0.4, -0.2) is 36.1 Å². The Morgan fingerprint density at radius 1 is 1.14 bits per heavy atom. The summed E-state index contributed by atoms with van der Waals surface area (Å²) in [5.74, 6) is 2.50. The highest BCUT2D eigenvalue weighted by Gasteiger charge is 2.48. The van der Waals surface area contributed by atoms with E-state index in [1.54, 1.807) is 5.56 Å². The Kier molecular flexibility index (Phi) is 3.55. The van der Waals surface area contributed by atoms with Gasteiger partial charge in [0.15, 0.2) is 0 Å². The molecule has 0 bridgehead atoms. The number of nitrogens with one attached hydrogen (secondary N) is 1. The second kappa shape index (κ2) is 5.40. The summed E-state index contributed by atoms with van der Waals surface area (Å²) in [6, 6.07) is 13.4. The summed E-state index contributed by atoms with van der Waals surface area (Å²) >= 11 is 0. The first-order valence-electron chi connectivity index (χ1n) is 8.78. The fourth-order valence-electron chi connectivity index (χ4n) is 4.24. The second-order valence-electron chi connectivity index (χ2n) is 7.68. The maximum Gasteiger partial charge on any atom is 0.0247 e. The van der Waals surface area contributed by atoms with Gasteiger partial charge < -0.3 is 5.32 Å². The average Bonchev–Trinajstić information content (AvgIpc) is 3.40. The van der Waals surface area contributed by atoms with Gasteiger partial charge in [-0.05, 0) is 36.7 Å². The van der Waals surface area contributed by atoms with Crippen LogP contribution in [0.2, 0.25) is 0 Å². The van der Waals surface area contributed by atoms with Crippen molar-refractivity contribution in [2.75, 3.05) is 13.1 Å². The van der Waals surface area contributed by atoms with E-state index in [-0.39, 0.29) is 0 Å². The number of nitrogens with zero attached hydrogens (tertiary/aromatic N) is 1. The highest BCUT2D eigenvalue weighted by atomic mass is 15.3. The van der Waals surface area contributed by atoms with Crippen LogP contribution >= 0.6 is 0 Å². The second-order valence-corrected chi connectivity index (χ2v) is 7.68. The molecular formula is C19H28N2. The van der Waals surface area contributed by atoms with Crippen molar-refractivity contribution in [1.82, 2.24) is 10.2 Å². The van der Waals surface area contributed by atoms with Crippen molar-refractivity contribution in [1.29, 1.82) is 0 Å². The molecule has 1 N–H and O–H groups in total. The van der Waals surface area contributed by atoms with Crippen molar-refractivity contribution in [2.45, 2.75) is 57.2 Å². The molecule has 4 rings (SSSR count). The third-order valence-corrected chi connectivity index (χ3v) is 5.79. The van der Waals surface area contributed by atoms with Crippen LogP contribution in [0.1, 0.15) is 44.6 Å². The third kappa shape index (κ3) is 2.76. The summed E-state index contributed by atoms with van der Waals surface area (Å²) < 4.78 is 0. The van der Waals surface area contributed by atoms with Crippen LogP contribution in [-0.2, 0) is 0 Å². The van der Waals surface area contributed by atoms with Crippen molar-refractivity contribution in [3.63, 3.8) is 0 Å². The molecule has 1 heterocycles. The molecule has 1 saturated heterocycles. The first-order valence-corrected chi connectivity index (χ1v) is 8.78. The smallest absolute Gasteiger partial charge is 0.0247 e. The van der Waals surface area contributed by atoms with E-state index in [0.717, 1.165) is 35.9 Å². The lowest BCUT2D eigenvalue weighted by molar-refractivity contribution is 0.0827. The molecule has 0 spiro atoms. The van der Waals surface area contributed by atoms with Gasteiger partial charge in [0.2, 0.25) is 0 Å². The van der Waals surface area contributed by atoms with Gasteiger partial charge >= 0.3 is 0 Å². The van der Waals surface area contributed by atoms with Gasteiger partial charge in [-0.3, -0.25) is 4.90 Å². The Balaban J connectivity index is 1.48. The topological polar surface area (TPSA) is 15.3 Å². The van der Waals surface area contributed by atoms with Crippen molar-refractivity contribution >= 4 is 0 Å². The van der Waals surface area contributed by atoms with E-state index < -0.39 is 0 Å². The lowest BCUT2D eigenvalue weighted by atomic mass is 9.96. The average molecular weight is 284 g/mol. The maximum absolute atomic E-state index is 3.84. The largest absolute Gasteiger partial charge is 0.311 e. The third-order valence-electron chi connectivity index (χ3n) is 5.79. The lowest BCUT2D eigenvalue weighted by Crippen LogP contribution is -2.59. The number of benzene rings is 1. The van der Waals surface area contributed by atoms with Crippen molar-refractivity contribution in [2.24, 2.45) is 11.8 Å². The Hall–Kier alpha value is -0.860. The molecule has 0 amide bonds. The quantitative estimate of drug-likeness (QED) is 0.913. The normalized spacial score (nSPS) is 36.9. The molecule has 114 valence electrons. The monoisotopic (exact) mass is 284 g/mol. The standard InChI is InChI=1S/C19H28N2/c1-13(2)19-11-20-17(15-8-9-15)12-21(19)18-10-16(18)14-6-4-3-5-7-14/h3-7,13,15-20H,8-12H2,1-2H3. The van der Waals surface area contributed by atoms with Crippen molar-refractivity contribution in [3.8, 4) is 0 Å². The minimum atomic E-state index is 0.721. The van der Waals surface area contributed by atoms with E-state index in [0.29, 0.717) is 0 Å². The van der Waals surface area contributed by atoms with E-state index in [2.05, 4.69) is 54.4 Å². The number of rotatable bonds is 4. The Labute approximate surface area is 128 Å². The molecule has 2 aliphatic carbocycles. The summed E-state index contributed by atoms with van der Waals surface area (Å²) in [5.41, 5.74) is 1.55. The molecule has 1 aliphatic heterocycles. The zero-order valence-corrected chi connectivity index (χ0v) is 13.3. The van der Waals surface area contributed by atoms with Crippen LogP contribution in [0.3, 0.4) is 0 Å². The van der Waals surface area contributed by atoms with Gasteiger partial charge in [-0.2, -0.15) is 0 Å². The van der Waals surface area contributed by atoms with E-state index in [9.17, 15) is 0 Å². The summed E-state index contributed by atoms with van der Waals surface area (Å²) in [5, 5.41) is 3.84. The molecule has 3 aliphatic rings. The molecule has 2 saturated carbocycles. The number of hydrogen-bond acceptors (Lipinski definition) is 2. The summed E-state index contributed by atoms with van der Waals surface area (Å²) in [7, 11) is 0. The molecule has 4 unspecified atom stereocenters. The molecule has 21 heavy (non-hydrogen) atoms.